The van der Waals surface area contributed by atoms with Crippen molar-refractivity contribution in [3.05, 3.63) is 18.0 Å². The van der Waals surface area contributed by atoms with Crippen LogP contribution in [-0.2, 0) is 24.1 Å². The summed E-state index contributed by atoms with van der Waals surface area (Å²) in [5, 5.41) is 13.4. The lowest BCUT2D eigenvalue weighted by molar-refractivity contribution is -0.192. The lowest BCUT2D eigenvalue weighted by Gasteiger charge is -2.44. The van der Waals surface area contributed by atoms with Gasteiger partial charge in [-0.3, -0.25) is 14.7 Å². The molecule has 0 unspecified atom stereocenters. The van der Waals surface area contributed by atoms with Crippen molar-refractivity contribution in [1.29, 1.82) is 0 Å². The van der Waals surface area contributed by atoms with Crippen LogP contribution < -0.4 is 0 Å². The van der Waals surface area contributed by atoms with Crippen LogP contribution >= 0.6 is 0 Å². The lowest BCUT2D eigenvalue weighted by atomic mass is 9.94. The number of aromatic amines is 1. The number of carbonyl (C=O) groups is 3. The molecule has 2 amide bonds. The van der Waals surface area contributed by atoms with Gasteiger partial charge in [0.25, 0.3) is 11.8 Å². The fourth-order valence-electron chi connectivity index (χ4n) is 3.19. The van der Waals surface area contributed by atoms with Crippen LogP contribution in [0.3, 0.4) is 0 Å². The molecule has 14 heteroatoms. The van der Waals surface area contributed by atoms with Gasteiger partial charge in [0.1, 0.15) is 0 Å². The summed E-state index contributed by atoms with van der Waals surface area (Å²) < 4.78 is 54.6. The molecule has 0 aliphatic carbocycles. The molecule has 0 atom stereocenters. The molecule has 3 heterocycles. The summed E-state index contributed by atoms with van der Waals surface area (Å²) in [6.07, 6.45) is -1.29. The number of aromatic nitrogens is 2. The van der Waals surface area contributed by atoms with E-state index in [-0.39, 0.29) is 23.3 Å². The number of halogens is 3. The van der Waals surface area contributed by atoms with Crippen molar-refractivity contribution in [2.75, 3.05) is 31.2 Å². The number of alkyl halides is 3. The normalized spacial score (nSPS) is 24.5. The first kappa shape index (κ1) is 27.3. The number of amides is 2. The molecule has 34 heavy (non-hydrogen) atoms. The molecular formula is C20H25F3N4O6S. The molecule has 2 aliphatic rings. The van der Waals surface area contributed by atoms with Gasteiger partial charge in [0.05, 0.1) is 40.2 Å². The molecule has 188 valence electrons. The molecule has 2 N–H and O–H groups in total. The van der Waals surface area contributed by atoms with Crippen molar-refractivity contribution in [1.82, 2.24) is 15.1 Å². The number of aliphatic carboxylic acids is 1. The zero-order chi connectivity index (χ0) is 25.6. The summed E-state index contributed by atoms with van der Waals surface area (Å²) in [4.78, 5) is 35.0. The van der Waals surface area contributed by atoms with Crippen LogP contribution in [0.5, 0.6) is 0 Å². The van der Waals surface area contributed by atoms with Crippen molar-refractivity contribution in [2.24, 2.45) is 10.3 Å². The van der Waals surface area contributed by atoms with Gasteiger partial charge in [0, 0.05) is 30.2 Å². The summed E-state index contributed by atoms with van der Waals surface area (Å²) in [5.74, 6) is 2.79. The van der Waals surface area contributed by atoms with Crippen LogP contribution in [0, 0.1) is 17.8 Å². The molecule has 1 aromatic rings. The summed E-state index contributed by atoms with van der Waals surface area (Å²) in [6, 6.07) is 0. The average molecular weight is 507 g/mol. The van der Waals surface area contributed by atoms with Crippen molar-refractivity contribution < 1.29 is 41.6 Å². The average Bonchev–Trinajstić information content (AvgIpc) is 3.30. The van der Waals surface area contributed by atoms with Crippen molar-refractivity contribution >= 4 is 27.5 Å². The number of hydrogen-bond acceptors (Lipinski definition) is 6. The minimum Gasteiger partial charge on any atom is -0.475 e. The number of nitrogens with one attached hydrogen (secondary N) is 1. The van der Waals surface area contributed by atoms with Crippen molar-refractivity contribution in [2.45, 2.75) is 38.5 Å². The first-order valence-electron chi connectivity index (χ1n) is 10.3. The van der Waals surface area contributed by atoms with Crippen LogP contribution in [0.15, 0.2) is 16.8 Å². The lowest BCUT2D eigenvalue weighted by Crippen LogP contribution is -2.56. The van der Waals surface area contributed by atoms with Crippen LogP contribution in [0.2, 0.25) is 0 Å². The van der Waals surface area contributed by atoms with E-state index in [0.29, 0.717) is 38.1 Å². The predicted octanol–water partition coefficient (Wildman–Crippen LogP) is 1.70. The number of nitrogens with zero attached hydrogens (tertiary/aromatic N) is 3. The molecule has 0 radical (unpaired) electrons. The first-order valence-corrected chi connectivity index (χ1v) is 12.1. The number of ether oxygens (including phenoxy) is 1. The summed E-state index contributed by atoms with van der Waals surface area (Å²) >= 11 is 0. The van der Waals surface area contributed by atoms with Crippen LogP contribution in [0.25, 0.3) is 0 Å². The van der Waals surface area contributed by atoms with E-state index in [9.17, 15) is 27.0 Å². The van der Waals surface area contributed by atoms with E-state index in [2.05, 4.69) is 26.4 Å². The highest BCUT2D eigenvalue weighted by atomic mass is 32.2. The molecule has 0 bridgehead atoms. The maximum absolute atomic E-state index is 13.0. The fraction of sp³-hybridized carbons (Fsp3) is 0.600. The third-order valence-electron chi connectivity index (χ3n) is 4.99. The van der Waals surface area contributed by atoms with Gasteiger partial charge in [-0.25, -0.2) is 9.00 Å². The van der Waals surface area contributed by atoms with Gasteiger partial charge in [0.2, 0.25) is 0 Å². The van der Waals surface area contributed by atoms with Gasteiger partial charge >= 0.3 is 12.1 Å². The Kier molecular flexibility index (Phi) is 8.84. The highest BCUT2D eigenvalue weighted by Gasteiger charge is 2.42. The minimum absolute atomic E-state index is 0.137. The van der Waals surface area contributed by atoms with E-state index in [4.69, 9.17) is 14.6 Å². The third kappa shape index (κ3) is 7.84. The molecule has 1 aromatic heterocycles. The summed E-state index contributed by atoms with van der Waals surface area (Å²) in [5.41, 5.74) is -0.227. The Morgan fingerprint density at radius 3 is 2.44 bits per heavy atom. The maximum Gasteiger partial charge on any atom is 0.490 e. The second-order valence-corrected chi connectivity index (χ2v) is 10.6. The van der Waals surface area contributed by atoms with E-state index in [0.717, 1.165) is 0 Å². The van der Waals surface area contributed by atoms with Crippen molar-refractivity contribution in [3.8, 4) is 11.8 Å². The maximum atomic E-state index is 13.0. The second kappa shape index (κ2) is 11.0. The number of hydrogen-bond donors (Lipinski definition) is 2. The molecule has 2 aliphatic heterocycles. The first-order chi connectivity index (χ1) is 15.8. The number of carboxylic acid groups (broad SMARTS) is 1. The molecule has 0 saturated carbocycles. The molecule has 0 aromatic carbocycles. The molecule has 2 saturated heterocycles. The number of H-pyrrole nitrogens is 1. The smallest absolute Gasteiger partial charge is 0.475 e. The van der Waals surface area contributed by atoms with E-state index in [1.165, 1.54) is 12.4 Å². The largest absolute Gasteiger partial charge is 0.490 e. The Morgan fingerprint density at radius 2 is 1.94 bits per heavy atom. The number of carbonyl (C=O) groups excluding carboxylic acids is 2. The SMILES string of the molecule is CC(C)C#CC(=O)N1CCOC2(CCS(=O)(=NC(=O)c3cn[nH]c3)CC2)C1.O=C(O)C(F)(F)F. The van der Waals surface area contributed by atoms with E-state index < -0.39 is 33.4 Å². The van der Waals surface area contributed by atoms with Gasteiger partial charge in [-0.05, 0) is 18.8 Å². The van der Waals surface area contributed by atoms with Crippen LogP contribution in [-0.4, -0.2) is 85.2 Å². The highest BCUT2D eigenvalue weighted by molar-refractivity contribution is 7.93. The number of carboxylic acids is 1. The van der Waals surface area contributed by atoms with E-state index in [1.54, 1.807) is 4.90 Å². The Labute approximate surface area is 194 Å². The molecular weight excluding hydrogens is 481 g/mol. The predicted molar refractivity (Wildman–Crippen MR) is 114 cm³/mol. The zero-order valence-electron chi connectivity index (χ0n) is 18.6. The highest BCUT2D eigenvalue weighted by Crippen LogP contribution is 2.32. The molecule has 2 fully saturated rings. The Hall–Kier alpha value is -2.92. The summed E-state index contributed by atoms with van der Waals surface area (Å²) in [6.45, 7) is 5.25. The quantitative estimate of drug-likeness (QED) is 0.552. The Bertz CT molecular complexity index is 1070. The molecule has 1 spiro atoms. The van der Waals surface area contributed by atoms with Gasteiger partial charge < -0.3 is 14.7 Å². The Morgan fingerprint density at radius 1 is 1.32 bits per heavy atom. The van der Waals surface area contributed by atoms with Crippen LogP contribution in [0.4, 0.5) is 13.2 Å². The van der Waals surface area contributed by atoms with Gasteiger partial charge in [-0.1, -0.05) is 19.8 Å². The van der Waals surface area contributed by atoms with E-state index in [1.807, 2.05) is 13.8 Å². The number of morpholine rings is 1. The fourth-order valence-corrected chi connectivity index (χ4v) is 5.36. The standard InChI is InChI=1S/C18H24N4O4S.C2HF3O2/c1-14(2)3-4-16(23)22-7-8-26-18(13-22)5-9-27(25,10-6-18)21-17(24)15-11-19-20-12-15;3-2(4,5)1(6)7/h11-12,14H,5-10,13H2,1-2H3,(H,19,20);(H,6,7). The van der Waals surface area contributed by atoms with Gasteiger partial charge in [-0.15, -0.1) is 0 Å². The van der Waals surface area contributed by atoms with Crippen molar-refractivity contribution in [3.63, 3.8) is 0 Å². The van der Waals surface area contributed by atoms with Gasteiger partial charge in [-0.2, -0.15) is 22.6 Å². The zero-order valence-corrected chi connectivity index (χ0v) is 19.4. The third-order valence-corrected chi connectivity index (χ3v) is 7.18. The van der Waals surface area contributed by atoms with Gasteiger partial charge in [0.15, 0.2) is 0 Å². The number of rotatable bonds is 1. The summed E-state index contributed by atoms with van der Waals surface area (Å²) in [7, 11) is -2.63. The second-order valence-electron chi connectivity index (χ2n) is 8.05. The minimum atomic E-state index is -5.08. The van der Waals surface area contributed by atoms with E-state index >= 15 is 0 Å². The molecule has 10 nitrogen and oxygen atoms in total. The topological polar surface area (TPSA) is 142 Å². The van der Waals surface area contributed by atoms with Crippen LogP contribution in [0.1, 0.15) is 37.0 Å². The monoisotopic (exact) mass is 506 g/mol. The molecule has 3 rings (SSSR count). The Balaban J connectivity index is 0.000000509.